The first-order valence-corrected chi connectivity index (χ1v) is 42.7. The van der Waals surface area contributed by atoms with Crippen molar-refractivity contribution in [1.29, 1.82) is 0 Å². The fourth-order valence-electron chi connectivity index (χ4n) is 18.4. The van der Waals surface area contributed by atoms with E-state index in [0.29, 0.717) is 0 Å². The maximum absolute atomic E-state index is 6.55. The van der Waals surface area contributed by atoms with Gasteiger partial charge in [0.05, 0.1) is 11.0 Å². The van der Waals surface area contributed by atoms with Crippen LogP contribution < -0.4 is 9.80 Å². The second-order valence-corrected chi connectivity index (χ2v) is 32.3. The quantitative estimate of drug-likeness (QED) is 0.0858. The first-order chi connectivity index (χ1) is 61.9. The Bertz CT molecular complexity index is 7810. The van der Waals surface area contributed by atoms with Crippen LogP contribution in [0.3, 0.4) is 0 Å². The molecule has 0 amide bonds. The number of nitrogens with zero attached hydrogens (tertiary/aromatic N) is 3. The maximum atomic E-state index is 6.55. The van der Waals surface area contributed by atoms with Crippen LogP contribution in [-0.2, 0) is 0 Å². The molecule has 3 heterocycles. The van der Waals surface area contributed by atoms with Crippen LogP contribution in [0.15, 0.2) is 488 Å². The molecular formula is C120H79N3O2. The topological polar surface area (TPSA) is 37.7 Å². The summed E-state index contributed by atoms with van der Waals surface area (Å²) in [5.74, 6) is 0. The lowest BCUT2D eigenvalue weighted by Gasteiger charge is -2.26. The second-order valence-electron chi connectivity index (χ2n) is 32.3. The van der Waals surface area contributed by atoms with Crippen molar-refractivity contribution >= 4 is 99.8 Å². The van der Waals surface area contributed by atoms with Gasteiger partial charge in [0.1, 0.15) is 22.3 Å². The van der Waals surface area contributed by atoms with Crippen LogP contribution in [0.2, 0.25) is 0 Å². The smallest absolute Gasteiger partial charge is 0.143 e. The van der Waals surface area contributed by atoms with Crippen molar-refractivity contribution in [2.24, 2.45) is 0 Å². The molecule has 23 rings (SSSR count). The fraction of sp³-hybridized carbons (Fsp3) is 0. The molecule has 0 radical (unpaired) electrons. The molecule has 0 aliphatic heterocycles. The molecule has 5 heteroatoms. The third-order valence-corrected chi connectivity index (χ3v) is 24.8. The number of anilines is 6. The molecule has 125 heavy (non-hydrogen) atoms. The zero-order chi connectivity index (χ0) is 82.7. The van der Waals surface area contributed by atoms with Crippen molar-refractivity contribution in [2.75, 3.05) is 9.80 Å². The summed E-state index contributed by atoms with van der Waals surface area (Å²) in [7, 11) is 0. The van der Waals surface area contributed by atoms with Crippen molar-refractivity contribution in [1.82, 2.24) is 4.57 Å². The average molecular weight is 1590 g/mol. The van der Waals surface area contributed by atoms with E-state index in [4.69, 9.17) is 8.83 Å². The van der Waals surface area contributed by atoms with Crippen molar-refractivity contribution in [3.05, 3.63) is 479 Å². The minimum Gasteiger partial charge on any atom is -0.456 e. The van der Waals surface area contributed by atoms with E-state index in [9.17, 15) is 0 Å². The number of fused-ring (bicyclic) bond motifs is 9. The monoisotopic (exact) mass is 1590 g/mol. The zero-order valence-electron chi connectivity index (χ0n) is 68.3. The number of furan rings is 2. The average Bonchev–Trinajstić information content (AvgIpc) is 1.58. The summed E-state index contributed by atoms with van der Waals surface area (Å²) in [5.41, 5.74) is 38.5. The Morgan fingerprint density at radius 2 is 0.440 bits per heavy atom. The molecule has 0 fully saturated rings. The van der Waals surface area contributed by atoms with Gasteiger partial charge in [0.25, 0.3) is 0 Å². The number of hydrogen-bond acceptors (Lipinski definition) is 4. The van der Waals surface area contributed by atoms with Gasteiger partial charge in [-0.15, -0.1) is 0 Å². The standard InChI is InChI=1S/C120H79N3O2/c1-6-21-80(22-7-1)95-71-96(81-23-8-2-9-24-81)74-99(73-95)89-47-62-105(63-48-89)121(103-58-43-87(44-59-103)93-55-70-119-114(78-93)111-32-17-18-35-117(111)124-119)104-60-45-88(46-61-104)94-53-68-109-113-77-92(54-69-115(113)123(116(109)79-94)101-29-14-5-15-30-101)86-39-37-84(38-40-86)85-41-56-102(57-42-85)122(107-66-51-91(52-67-107)108-33-20-34-112-110-31-16-19-36-118(110)125-120(108)112)106-64-49-90(50-65-106)100-75-97(82-25-10-3-11-26-82)72-98(76-100)83-27-12-4-13-28-83/h1-79H. The molecule has 0 atom stereocenters. The van der Waals surface area contributed by atoms with Crippen molar-refractivity contribution in [3.8, 4) is 128 Å². The number of aromatic nitrogens is 1. The van der Waals surface area contributed by atoms with Gasteiger partial charge in [-0.2, -0.15) is 0 Å². The Balaban J connectivity index is 0.554. The van der Waals surface area contributed by atoms with Crippen LogP contribution in [-0.4, -0.2) is 4.57 Å². The highest BCUT2D eigenvalue weighted by Crippen LogP contribution is 2.46. The van der Waals surface area contributed by atoms with Gasteiger partial charge in [-0.3, -0.25) is 0 Å². The Morgan fingerprint density at radius 3 is 0.864 bits per heavy atom. The Hall–Kier alpha value is -16.6. The van der Waals surface area contributed by atoms with Crippen LogP contribution in [0, 0.1) is 0 Å². The van der Waals surface area contributed by atoms with Crippen molar-refractivity contribution in [3.63, 3.8) is 0 Å². The van der Waals surface area contributed by atoms with Crippen LogP contribution in [0.1, 0.15) is 0 Å². The lowest BCUT2D eigenvalue weighted by Crippen LogP contribution is -2.09. The Kier molecular flexibility index (Phi) is 18.5. The summed E-state index contributed by atoms with van der Waals surface area (Å²) in [6, 6.07) is 174. The molecule has 3 aromatic heterocycles. The van der Waals surface area contributed by atoms with Crippen LogP contribution in [0.5, 0.6) is 0 Å². The molecule has 20 aromatic carbocycles. The van der Waals surface area contributed by atoms with Gasteiger partial charge in [0.15, 0.2) is 0 Å². The zero-order valence-corrected chi connectivity index (χ0v) is 68.3. The SMILES string of the molecule is c1ccc(-c2cc(-c3ccccc3)cc(-c3ccc(N(c4ccc(-c5ccc6oc7ccccc7c6c5)cc4)c4ccc(-c5ccc6c7cc(-c8ccc(-c9ccc(N(c%10ccc(-c%11cc(-c%12ccccc%12)cc(-c%12ccccc%12)c%11)cc%10)c%10ccc(-c%11cccc%12c%11oc%11ccccc%11%12)cc%10)cc9)cc8)ccc7n(-c7ccccc7)c6c5)cc4)cc3)c2)cc1. The van der Waals surface area contributed by atoms with E-state index in [1.807, 2.05) is 24.3 Å². The molecule has 0 aliphatic carbocycles. The molecule has 0 N–H and O–H groups in total. The summed E-state index contributed by atoms with van der Waals surface area (Å²) < 4.78 is 15.2. The minimum absolute atomic E-state index is 0.886. The number of hydrogen-bond donors (Lipinski definition) is 0. The van der Waals surface area contributed by atoms with Gasteiger partial charge in [-0.05, 0) is 281 Å². The predicted octanol–water partition coefficient (Wildman–Crippen LogP) is 33.9. The molecular weight excluding hydrogens is 1520 g/mol. The molecule has 23 aromatic rings. The maximum Gasteiger partial charge on any atom is 0.143 e. The van der Waals surface area contributed by atoms with E-state index < -0.39 is 0 Å². The first-order valence-electron chi connectivity index (χ1n) is 42.7. The van der Waals surface area contributed by atoms with Gasteiger partial charge in [-0.1, -0.05) is 315 Å². The van der Waals surface area contributed by atoms with Crippen LogP contribution in [0.25, 0.3) is 194 Å². The molecule has 0 aliphatic rings. The van der Waals surface area contributed by atoms with Gasteiger partial charge in [0, 0.05) is 77.7 Å². The highest BCUT2D eigenvalue weighted by atomic mass is 16.3. The predicted molar refractivity (Wildman–Crippen MR) is 524 cm³/mol. The van der Waals surface area contributed by atoms with E-state index >= 15 is 0 Å². The van der Waals surface area contributed by atoms with Crippen molar-refractivity contribution in [2.45, 2.75) is 0 Å². The first kappa shape index (κ1) is 73.5. The number of rotatable bonds is 18. The highest BCUT2D eigenvalue weighted by molar-refractivity contribution is 6.13. The largest absolute Gasteiger partial charge is 0.456 e. The lowest BCUT2D eigenvalue weighted by molar-refractivity contribution is 0.669. The molecule has 5 nitrogen and oxygen atoms in total. The number of para-hydroxylation sites is 4. The summed E-state index contributed by atoms with van der Waals surface area (Å²) >= 11 is 0. The highest BCUT2D eigenvalue weighted by Gasteiger charge is 2.22. The lowest BCUT2D eigenvalue weighted by atomic mass is 9.93. The van der Waals surface area contributed by atoms with Gasteiger partial charge in [0.2, 0.25) is 0 Å². The van der Waals surface area contributed by atoms with E-state index in [0.717, 1.165) is 173 Å². The molecule has 0 unspecified atom stereocenters. The van der Waals surface area contributed by atoms with Crippen LogP contribution >= 0.6 is 0 Å². The van der Waals surface area contributed by atoms with Crippen molar-refractivity contribution < 1.29 is 8.83 Å². The minimum atomic E-state index is 0.886. The molecule has 0 spiro atoms. The molecule has 586 valence electrons. The summed E-state index contributed by atoms with van der Waals surface area (Å²) in [5, 5.41) is 6.84. The summed E-state index contributed by atoms with van der Waals surface area (Å²) in [4.78, 5) is 4.73. The van der Waals surface area contributed by atoms with E-state index in [-0.39, 0.29) is 0 Å². The second kappa shape index (κ2) is 31.5. The normalized spacial score (nSPS) is 11.5. The van der Waals surface area contributed by atoms with Gasteiger partial charge >= 0.3 is 0 Å². The summed E-state index contributed by atoms with van der Waals surface area (Å²) in [6.07, 6.45) is 0. The third kappa shape index (κ3) is 14.0. The molecule has 0 bridgehead atoms. The van der Waals surface area contributed by atoms with E-state index in [1.54, 1.807) is 0 Å². The summed E-state index contributed by atoms with van der Waals surface area (Å²) in [6.45, 7) is 0. The fourth-order valence-corrected chi connectivity index (χ4v) is 18.4. The molecule has 0 saturated carbocycles. The van der Waals surface area contributed by atoms with Gasteiger partial charge < -0.3 is 23.2 Å². The van der Waals surface area contributed by atoms with E-state index in [1.165, 1.54) is 55.3 Å². The van der Waals surface area contributed by atoms with Gasteiger partial charge in [-0.25, -0.2) is 0 Å². The van der Waals surface area contributed by atoms with E-state index in [2.05, 4.69) is 469 Å². The Morgan fingerprint density at radius 1 is 0.152 bits per heavy atom. The number of benzene rings is 20. The molecule has 0 saturated heterocycles. The Labute approximate surface area is 725 Å². The third-order valence-electron chi connectivity index (χ3n) is 24.8. The van der Waals surface area contributed by atoms with Crippen LogP contribution in [0.4, 0.5) is 34.1 Å².